The standard InChI is InChI=1S/C18H19N5O3/c1-22(7-14-6-12-4-2-3-5-15(12)26-14)17-16-18(20-10-19-17)23(11-21-16)13(8-24)9-25/h2-6,10-11,13,24-25H,7-9H2,1H3. The highest BCUT2D eigenvalue weighted by Gasteiger charge is 2.18. The van der Waals surface area contributed by atoms with Gasteiger partial charge in [-0.15, -0.1) is 0 Å². The van der Waals surface area contributed by atoms with Crippen LogP contribution in [0.2, 0.25) is 0 Å². The minimum Gasteiger partial charge on any atom is -0.459 e. The lowest BCUT2D eigenvalue weighted by Crippen LogP contribution is -2.19. The molecule has 0 aliphatic carbocycles. The minimum atomic E-state index is -0.483. The predicted octanol–water partition coefficient (Wildman–Crippen LogP) is 1.73. The highest BCUT2D eigenvalue weighted by atomic mass is 16.3. The summed E-state index contributed by atoms with van der Waals surface area (Å²) in [5, 5.41) is 19.9. The number of anilines is 1. The van der Waals surface area contributed by atoms with Gasteiger partial charge >= 0.3 is 0 Å². The first kappa shape index (κ1) is 16.5. The summed E-state index contributed by atoms with van der Waals surface area (Å²) in [7, 11) is 1.91. The van der Waals surface area contributed by atoms with Gasteiger partial charge < -0.3 is 24.1 Å². The number of fused-ring (bicyclic) bond motifs is 2. The molecule has 3 aromatic heterocycles. The Morgan fingerprint density at radius 2 is 1.96 bits per heavy atom. The van der Waals surface area contributed by atoms with Gasteiger partial charge in [0.25, 0.3) is 0 Å². The number of nitrogens with zero attached hydrogens (tertiary/aromatic N) is 5. The molecule has 2 N–H and O–H groups in total. The van der Waals surface area contributed by atoms with Gasteiger partial charge in [0.05, 0.1) is 32.1 Å². The van der Waals surface area contributed by atoms with Crippen LogP contribution >= 0.6 is 0 Å². The van der Waals surface area contributed by atoms with Gasteiger partial charge in [-0.1, -0.05) is 18.2 Å². The van der Waals surface area contributed by atoms with E-state index in [1.54, 1.807) is 10.9 Å². The first-order valence-corrected chi connectivity index (χ1v) is 8.29. The van der Waals surface area contributed by atoms with Crippen molar-refractivity contribution >= 4 is 28.0 Å². The molecule has 26 heavy (non-hydrogen) atoms. The summed E-state index contributed by atoms with van der Waals surface area (Å²) >= 11 is 0. The Morgan fingerprint density at radius 1 is 1.15 bits per heavy atom. The first-order chi connectivity index (χ1) is 12.7. The molecule has 0 saturated heterocycles. The molecule has 134 valence electrons. The summed E-state index contributed by atoms with van der Waals surface area (Å²) in [5.41, 5.74) is 2.03. The van der Waals surface area contributed by atoms with Crippen LogP contribution in [0.4, 0.5) is 5.82 Å². The molecule has 8 nitrogen and oxygen atoms in total. The number of benzene rings is 1. The zero-order chi connectivity index (χ0) is 18.1. The SMILES string of the molecule is CN(Cc1cc2ccccc2o1)c1ncnc2c1ncn2C(CO)CO. The van der Waals surface area contributed by atoms with E-state index in [2.05, 4.69) is 15.0 Å². The van der Waals surface area contributed by atoms with Crippen molar-refractivity contribution in [2.24, 2.45) is 0 Å². The molecular formula is C18H19N5O3. The minimum absolute atomic E-state index is 0.198. The molecule has 0 atom stereocenters. The Bertz CT molecular complexity index is 1000. The summed E-state index contributed by atoms with van der Waals surface area (Å²) in [4.78, 5) is 14.9. The third kappa shape index (κ3) is 2.79. The van der Waals surface area contributed by atoms with Crippen molar-refractivity contribution in [1.29, 1.82) is 0 Å². The van der Waals surface area contributed by atoms with Crippen molar-refractivity contribution in [1.82, 2.24) is 19.5 Å². The van der Waals surface area contributed by atoms with E-state index in [1.165, 1.54) is 6.33 Å². The van der Waals surface area contributed by atoms with Gasteiger partial charge in [-0.25, -0.2) is 15.0 Å². The van der Waals surface area contributed by atoms with E-state index in [0.29, 0.717) is 23.5 Å². The Hall–Kier alpha value is -2.97. The summed E-state index contributed by atoms with van der Waals surface area (Å²) < 4.78 is 7.54. The lowest BCUT2D eigenvalue weighted by Gasteiger charge is -2.17. The normalized spacial score (nSPS) is 11.7. The molecule has 0 fully saturated rings. The number of para-hydroxylation sites is 1. The summed E-state index contributed by atoms with van der Waals surface area (Å²) in [6.45, 7) is 0.128. The second kappa shape index (κ2) is 6.74. The Balaban J connectivity index is 1.67. The van der Waals surface area contributed by atoms with Crippen LogP contribution < -0.4 is 4.90 Å². The molecule has 0 amide bonds. The Labute approximate surface area is 149 Å². The highest BCUT2D eigenvalue weighted by molar-refractivity contribution is 5.83. The van der Waals surface area contributed by atoms with Crippen molar-refractivity contribution in [2.45, 2.75) is 12.6 Å². The average Bonchev–Trinajstić information content (AvgIpc) is 3.26. The van der Waals surface area contributed by atoms with Gasteiger partial charge in [0.2, 0.25) is 0 Å². The number of aliphatic hydroxyl groups excluding tert-OH is 2. The van der Waals surface area contributed by atoms with Gasteiger partial charge in [0.1, 0.15) is 17.7 Å². The van der Waals surface area contributed by atoms with Crippen molar-refractivity contribution in [3.05, 3.63) is 48.7 Å². The third-order valence-electron chi connectivity index (χ3n) is 4.39. The van der Waals surface area contributed by atoms with Crippen LogP contribution in [0.1, 0.15) is 11.8 Å². The van der Waals surface area contributed by atoms with Crippen molar-refractivity contribution < 1.29 is 14.6 Å². The monoisotopic (exact) mass is 353 g/mol. The molecule has 0 saturated carbocycles. The van der Waals surface area contributed by atoms with Gasteiger partial charge in [0.15, 0.2) is 17.0 Å². The lowest BCUT2D eigenvalue weighted by atomic mass is 10.2. The smallest absolute Gasteiger partial charge is 0.165 e. The Morgan fingerprint density at radius 3 is 2.73 bits per heavy atom. The molecule has 3 heterocycles. The van der Waals surface area contributed by atoms with Crippen LogP contribution in [0.25, 0.3) is 22.1 Å². The Kier molecular flexibility index (Phi) is 4.27. The average molecular weight is 353 g/mol. The fraction of sp³-hybridized carbons (Fsp3) is 0.278. The quantitative estimate of drug-likeness (QED) is 0.544. The predicted molar refractivity (Wildman–Crippen MR) is 96.9 cm³/mol. The van der Waals surface area contributed by atoms with Gasteiger partial charge in [-0.2, -0.15) is 0 Å². The zero-order valence-electron chi connectivity index (χ0n) is 14.3. The summed E-state index contributed by atoms with van der Waals surface area (Å²) in [6.07, 6.45) is 3.02. The maximum atomic E-state index is 9.42. The molecule has 0 bridgehead atoms. The molecule has 0 aliphatic heterocycles. The van der Waals surface area contributed by atoms with Crippen molar-refractivity contribution in [3.8, 4) is 0 Å². The van der Waals surface area contributed by atoms with Gasteiger partial charge in [-0.3, -0.25) is 0 Å². The molecule has 4 aromatic rings. The number of imidazole rings is 1. The second-order valence-corrected chi connectivity index (χ2v) is 6.15. The summed E-state index contributed by atoms with van der Waals surface area (Å²) in [6, 6.07) is 9.40. The van der Waals surface area contributed by atoms with Crippen LogP contribution in [-0.2, 0) is 6.54 Å². The van der Waals surface area contributed by atoms with E-state index in [-0.39, 0.29) is 13.2 Å². The molecule has 8 heteroatoms. The largest absolute Gasteiger partial charge is 0.459 e. The topological polar surface area (TPSA) is 100 Å². The zero-order valence-corrected chi connectivity index (χ0v) is 14.3. The number of furan rings is 1. The maximum absolute atomic E-state index is 9.42. The number of aliphatic hydroxyl groups is 2. The van der Waals surface area contributed by atoms with Crippen LogP contribution in [0.5, 0.6) is 0 Å². The highest BCUT2D eigenvalue weighted by Crippen LogP contribution is 2.25. The van der Waals surface area contributed by atoms with Gasteiger partial charge in [-0.05, 0) is 12.1 Å². The molecule has 0 unspecified atom stereocenters. The third-order valence-corrected chi connectivity index (χ3v) is 4.39. The molecule has 4 rings (SSSR count). The maximum Gasteiger partial charge on any atom is 0.165 e. The molecular weight excluding hydrogens is 334 g/mol. The number of hydrogen-bond acceptors (Lipinski definition) is 7. The van der Waals surface area contributed by atoms with Crippen LogP contribution in [0.15, 0.2) is 47.4 Å². The van der Waals surface area contributed by atoms with Crippen LogP contribution in [0.3, 0.4) is 0 Å². The van der Waals surface area contributed by atoms with Gasteiger partial charge in [0, 0.05) is 12.4 Å². The molecule has 0 aliphatic rings. The first-order valence-electron chi connectivity index (χ1n) is 8.29. The molecule has 0 radical (unpaired) electrons. The number of aromatic nitrogens is 4. The van der Waals surface area contributed by atoms with E-state index in [4.69, 9.17) is 4.42 Å². The van der Waals surface area contributed by atoms with E-state index in [0.717, 1.165) is 16.7 Å². The van der Waals surface area contributed by atoms with Crippen LogP contribution in [-0.4, -0.2) is 50.0 Å². The number of rotatable bonds is 6. The van der Waals surface area contributed by atoms with E-state index in [9.17, 15) is 10.2 Å². The lowest BCUT2D eigenvalue weighted by molar-refractivity contribution is 0.156. The molecule has 1 aromatic carbocycles. The van der Waals surface area contributed by atoms with Crippen LogP contribution in [0, 0.1) is 0 Å². The fourth-order valence-electron chi connectivity index (χ4n) is 3.04. The summed E-state index contributed by atoms with van der Waals surface area (Å²) in [5.74, 6) is 1.48. The van der Waals surface area contributed by atoms with E-state index < -0.39 is 6.04 Å². The number of hydrogen-bond donors (Lipinski definition) is 2. The molecule has 0 spiro atoms. The van der Waals surface area contributed by atoms with Crippen molar-refractivity contribution in [3.63, 3.8) is 0 Å². The second-order valence-electron chi connectivity index (χ2n) is 6.15. The van der Waals surface area contributed by atoms with Crippen molar-refractivity contribution in [2.75, 3.05) is 25.2 Å². The van der Waals surface area contributed by atoms with E-state index >= 15 is 0 Å². The fourth-order valence-corrected chi connectivity index (χ4v) is 3.04. The van der Waals surface area contributed by atoms with E-state index in [1.807, 2.05) is 42.3 Å².